The minimum Gasteiger partial charge on any atom is -0.350 e. The van der Waals surface area contributed by atoms with Crippen LogP contribution in [0.3, 0.4) is 0 Å². The van der Waals surface area contributed by atoms with Crippen molar-refractivity contribution in [1.82, 2.24) is 20.2 Å². The van der Waals surface area contributed by atoms with Crippen LogP contribution in [0.5, 0.6) is 0 Å². The molecule has 0 bridgehead atoms. The van der Waals surface area contributed by atoms with E-state index in [1.807, 2.05) is 26.8 Å². The van der Waals surface area contributed by atoms with E-state index < -0.39 is 6.04 Å². The predicted molar refractivity (Wildman–Crippen MR) is 104 cm³/mol. The molecule has 0 aliphatic heterocycles. The van der Waals surface area contributed by atoms with Crippen molar-refractivity contribution in [3.05, 3.63) is 39.4 Å². The number of halogens is 1. The Kier molecular flexibility index (Phi) is 6.17. The summed E-state index contributed by atoms with van der Waals surface area (Å²) in [6, 6.07) is 4.63. The van der Waals surface area contributed by atoms with Crippen LogP contribution in [0.25, 0.3) is 10.9 Å². The molecule has 1 atom stereocenters. The highest BCUT2D eigenvalue weighted by atomic mass is 79.9. The van der Waals surface area contributed by atoms with Crippen molar-refractivity contribution in [3.8, 4) is 0 Å². The van der Waals surface area contributed by atoms with Gasteiger partial charge in [0.25, 0.3) is 5.56 Å². The van der Waals surface area contributed by atoms with Crippen LogP contribution in [0.15, 0.2) is 33.8 Å². The zero-order valence-electron chi connectivity index (χ0n) is 15.3. The highest BCUT2D eigenvalue weighted by Crippen LogP contribution is 2.14. The summed E-state index contributed by atoms with van der Waals surface area (Å²) in [4.78, 5) is 40.8. The van der Waals surface area contributed by atoms with E-state index in [2.05, 4.69) is 31.5 Å². The molecule has 8 heteroatoms. The number of carbonyl (C=O) groups is 2. The first kappa shape index (κ1) is 20.1. The second kappa shape index (κ2) is 7.99. The molecule has 26 heavy (non-hydrogen) atoms. The molecular formula is C18H23BrN4O3. The average Bonchev–Trinajstić information content (AvgIpc) is 2.53. The fourth-order valence-electron chi connectivity index (χ4n) is 2.37. The second-order valence-corrected chi connectivity index (χ2v) is 8.10. The number of amides is 2. The molecule has 0 saturated heterocycles. The molecule has 7 nitrogen and oxygen atoms in total. The Hall–Kier alpha value is -2.22. The number of aryl methyl sites for hydroxylation is 1. The molecule has 0 fully saturated rings. The number of hydrogen-bond acceptors (Lipinski definition) is 4. The summed E-state index contributed by atoms with van der Waals surface area (Å²) < 4.78 is 2.19. The molecule has 140 valence electrons. The lowest BCUT2D eigenvalue weighted by molar-refractivity contribution is -0.129. The highest BCUT2D eigenvalue weighted by molar-refractivity contribution is 9.10. The molecule has 1 unspecified atom stereocenters. The van der Waals surface area contributed by atoms with Gasteiger partial charge in [-0.05, 0) is 45.9 Å². The van der Waals surface area contributed by atoms with Crippen LogP contribution >= 0.6 is 15.9 Å². The predicted octanol–water partition coefficient (Wildman–Crippen LogP) is 1.97. The smallest absolute Gasteiger partial charge is 0.261 e. The molecular weight excluding hydrogens is 400 g/mol. The summed E-state index contributed by atoms with van der Waals surface area (Å²) in [5.41, 5.74) is 0.0306. The van der Waals surface area contributed by atoms with Crippen LogP contribution in [0.2, 0.25) is 0 Å². The van der Waals surface area contributed by atoms with Gasteiger partial charge in [-0.15, -0.1) is 0 Å². The van der Waals surface area contributed by atoms with Gasteiger partial charge in [0.05, 0.1) is 17.2 Å². The van der Waals surface area contributed by atoms with Crippen molar-refractivity contribution >= 4 is 38.6 Å². The van der Waals surface area contributed by atoms with E-state index >= 15 is 0 Å². The number of hydrogen-bond donors (Lipinski definition) is 2. The Morgan fingerprint density at radius 1 is 1.31 bits per heavy atom. The van der Waals surface area contributed by atoms with Crippen LogP contribution < -0.4 is 16.2 Å². The van der Waals surface area contributed by atoms with E-state index in [0.29, 0.717) is 10.9 Å². The van der Waals surface area contributed by atoms with Crippen molar-refractivity contribution < 1.29 is 9.59 Å². The van der Waals surface area contributed by atoms with Gasteiger partial charge in [0.1, 0.15) is 6.04 Å². The molecule has 0 aliphatic carbocycles. The van der Waals surface area contributed by atoms with Gasteiger partial charge in [0.2, 0.25) is 11.8 Å². The molecule has 1 aromatic heterocycles. The third-order valence-electron chi connectivity index (χ3n) is 3.63. The summed E-state index contributed by atoms with van der Waals surface area (Å²) in [5, 5.41) is 5.94. The van der Waals surface area contributed by atoms with Crippen LogP contribution in [-0.4, -0.2) is 32.9 Å². The number of nitrogens with one attached hydrogen (secondary N) is 2. The van der Waals surface area contributed by atoms with Crippen molar-refractivity contribution in [2.24, 2.45) is 0 Å². The SMILES string of the molecule is CC(NC(=O)CCn1cnc2ccc(Br)cc2c1=O)C(=O)NC(C)(C)C. The van der Waals surface area contributed by atoms with E-state index in [0.717, 1.165) is 4.47 Å². The topological polar surface area (TPSA) is 93.1 Å². The molecule has 2 rings (SSSR count). The first-order chi connectivity index (χ1) is 12.1. The molecule has 0 saturated carbocycles. The second-order valence-electron chi connectivity index (χ2n) is 7.18. The lowest BCUT2D eigenvalue weighted by Gasteiger charge is -2.23. The van der Waals surface area contributed by atoms with Gasteiger partial charge >= 0.3 is 0 Å². The van der Waals surface area contributed by atoms with Gasteiger partial charge in [-0.2, -0.15) is 0 Å². The molecule has 1 heterocycles. The Balaban J connectivity index is 1.99. The first-order valence-electron chi connectivity index (χ1n) is 8.33. The molecule has 0 radical (unpaired) electrons. The number of nitrogens with zero attached hydrogens (tertiary/aromatic N) is 2. The number of rotatable bonds is 5. The van der Waals surface area contributed by atoms with Crippen LogP contribution in [-0.2, 0) is 16.1 Å². The molecule has 2 amide bonds. The maximum atomic E-state index is 12.5. The third kappa shape index (κ3) is 5.39. The first-order valence-corrected chi connectivity index (χ1v) is 9.12. The summed E-state index contributed by atoms with van der Waals surface area (Å²) >= 11 is 3.34. The van der Waals surface area contributed by atoms with Crippen molar-refractivity contribution in [1.29, 1.82) is 0 Å². The number of aromatic nitrogens is 2. The molecule has 1 aromatic carbocycles. The molecule has 2 N–H and O–H groups in total. The molecule has 2 aromatic rings. The largest absolute Gasteiger partial charge is 0.350 e. The van der Waals surface area contributed by atoms with Gasteiger partial charge in [-0.3, -0.25) is 19.0 Å². The van der Waals surface area contributed by atoms with Crippen LogP contribution in [0.1, 0.15) is 34.1 Å². The minimum absolute atomic E-state index is 0.0776. The van der Waals surface area contributed by atoms with E-state index in [-0.39, 0.29) is 35.9 Å². The minimum atomic E-state index is -0.649. The maximum absolute atomic E-state index is 12.5. The fourth-order valence-corrected chi connectivity index (χ4v) is 2.73. The Labute approximate surface area is 160 Å². The fraction of sp³-hybridized carbons (Fsp3) is 0.444. The number of fused-ring (bicyclic) bond motifs is 1. The Morgan fingerprint density at radius 2 is 2.00 bits per heavy atom. The lowest BCUT2D eigenvalue weighted by Crippen LogP contribution is -2.51. The average molecular weight is 423 g/mol. The summed E-state index contributed by atoms with van der Waals surface area (Å²) in [7, 11) is 0. The van der Waals surface area contributed by atoms with E-state index in [9.17, 15) is 14.4 Å². The van der Waals surface area contributed by atoms with Gasteiger partial charge in [-0.25, -0.2) is 4.98 Å². The Bertz CT molecular complexity index is 886. The van der Waals surface area contributed by atoms with E-state index in [1.165, 1.54) is 10.9 Å². The van der Waals surface area contributed by atoms with Crippen molar-refractivity contribution in [2.45, 2.75) is 52.2 Å². The molecule has 0 spiro atoms. The quantitative estimate of drug-likeness (QED) is 0.769. The normalized spacial score (nSPS) is 12.7. The summed E-state index contributed by atoms with van der Waals surface area (Å²) in [6.45, 7) is 7.43. The van der Waals surface area contributed by atoms with Crippen LogP contribution in [0, 0.1) is 0 Å². The monoisotopic (exact) mass is 422 g/mol. The summed E-state index contributed by atoms with van der Waals surface area (Å²) in [6.07, 6.45) is 1.51. The Morgan fingerprint density at radius 3 is 2.65 bits per heavy atom. The van der Waals surface area contributed by atoms with Gasteiger partial charge in [0, 0.05) is 23.0 Å². The van der Waals surface area contributed by atoms with E-state index in [1.54, 1.807) is 19.1 Å². The highest BCUT2D eigenvalue weighted by Gasteiger charge is 2.20. The molecule has 0 aliphatic rings. The third-order valence-corrected chi connectivity index (χ3v) is 4.13. The van der Waals surface area contributed by atoms with Crippen molar-refractivity contribution in [2.75, 3.05) is 0 Å². The van der Waals surface area contributed by atoms with E-state index in [4.69, 9.17) is 0 Å². The van der Waals surface area contributed by atoms with Crippen molar-refractivity contribution in [3.63, 3.8) is 0 Å². The number of benzene rings is 1. The maximum Gasteiger partial charge on any atom is 0.261 e. The zero-order valence-corrected chi connectivity index (χ0v) is 16.9. The van der Waals surface area contributed by atoms with Crippen LogP contribution in [0.4, 0.5) is 0 Å². The van der Waals surface area contributed by atoms with Gasteiger partial charge in [0.15, 0.2) is 0 Å². The number of carbonyl (C=O) groups excluding carboxylic acids is 2. The van der Waals surface area contributed by atoms with Gasteiger partial charge < -0.3 is 10.6 Å². The summed E-state index contributed by atoms with van der Waals surface area (Å²) in [5.74, 6) is -0.553. The van der Waals surface area contributed by atoms with Gasteiger partial charge in [-0.1, -0.05) is 15.9 Å². The zero-order chi connectivity index (χ0) is 19.5. The lowest BCUT2D eigenvalue weighted by atomic mass is 10.1. The standard InChI is InChI=1S/C18H23BrN4O3/c1-11(16(25)22-18(2,3)4)21-15(24)7-8-23-10-20-14-6-5-12(19)9-13(14)17(23)26/h5-6,9-11H,7-8H2,1-4H3,(H,21,24)(H,22,25).